The van der Waals surface area contributed by atoms with Crippen LogP contribution in [-0.2, 0) is 9.59 Å². The van der Waals surface area contributed by atoms with E-state index in [1.807, 2.05) is 0 Å². The molecule has 11 heavy (non-hydrogen) atoms. The lowest BCUT2D eigenvalue weighted by Crippen LogP contribution is -2.44. The summed E-state index contributed by atoms with van der Waals surface area (Å²) in [5.41, 5.74) is 0. The molecule has 0 aliphatic carbocycles. The quantitative estimate of drug-likeness (QED) is 0.613. The van der Waals surface area contributed by atoms with Crippen LogP contribution in [0.1, 0.15) is 6.92 Å². The highest BCUT2D eigenvalue weighted by atomic mass is 19.3. The van der Waals surface area contributed by atoms with Crippen molar-refractivity contribution in [1.82, 2.24) is 5.32 Å². The molecule has 0 heterocycles. The van der Waals surface area contributed by atoms with Crippen molar-refractivity contribution in [2.24, 2.45) is 0 Å². The van der Waals surface area contributed by atoms with Gasteiger partial charge in [-0.1, -0.05) is 0 Å². The summed E-state index contributed by atoms with van der Waals surface area (Å²) < 4.78 is 23.4. The molecule has 4 nitrogen and oxygen atoms in total. The highest BCUT2D eigenvalue weighted by Crippen LogP contribution is 2.00. The van der Waals surface area contributed by atoms with Crippen LogP contribution in [-0.4, -0.2) is 29.5 Å². The number of carboxylic acids is 1. The average Bonchev–Trinajstić information content (AvgIpc) is 1.81. The van der Waals surface area contributed by atoms with E-state index in [1.54, 1.807) is 5.32 Å². The summed E-state index contributed by atoms with van der Waals surface area (Å²) in [5, 5.41) is 9.69. The molecule has 1 atom stereocenters. The lowest BCUT2D eigenvalue weighted by molar-refractivity contribution is -0.145. The van der Waals surface area contributed by atoms with Gasteiger partial charge in [0.2, 0.25) is 5.91 Å². The van der Waals surface area contributed by atoms with Crippen LogP contribution in [0.15, 0.2) is 0 Å². The first-order chi connectivity index (χ1) is 4.95. The van der Waals surface area contributed by atoms with E-state index in [4.69, 9.17) is 5.11 Å². The third kappa shape index (κ3) is 3.49. The van der Waals surface area contributed by atoms with Crippen LogP contribution in [0, 0.1) is 0 Å². The van der Waals surface area contributed by atoms with E-state index in [1.165, 1.54) is 0 Å². The standard InChI is InChI=1S/C5H7F2NO3/c1-2(9)8-3(4(6)7)5(10)11/h3-4H,1H3,(H,8,9)(H,10,11)/t3-/m0/s1. The van der Waals surface area contributed by atoms with Gasteiger partial charge in [-0.25, -0.2) is 13.6 Å². The van der Waals surface area contributed by atoms with Crippen molar-refractivity contribution in [2.45, 2.75) is 19.4 Å². The normalized spacial score (nSPS) is 12.7. The molecule has 0 aliphatic rings. The summed E-state index contributed by atoms with van der Waals surface area (Å²) in [4.78, 5) is 20.1. The van der Waals surface area contributed by atoms with Crippen molar-refractivity contribution in [3.63, 3.8) is 0 Å². The molecule has 0 aromatic carbocycles. The fraction of sp³-hybridized carbons (Fsp3) is 0.600. The molecule has 0 saturated carbocycles. The highest BCUT2D eigenvalue weighted by Gasteiger charge is 2.28. The number of amides is 1. The number of halogens is 2. The Hall–Kier alpha value is -1.20. The minimum atomic E-state index is -3.09. The van der Waals surface area contributed by atoms with E-state index in [0.29, 0.717) is 0 Å². The van der Waals surface area contributed by atoms with Crippen LogP contribution in [0.3, 0.4) is 0 Å². The monoisotopic (exact) mass is 167 g/mol. The van der Waals surface area contributed by atoms with E-state index in [2.05, 4.69) is 0 Å². The Balaban J connectivity index is 4.12. The van der Waals surface area contributed by atoms with Crippen LogP contribution < -0.4 is 5.32 Å². The zero-order chi connectivity index (χ0) is 9.02. The van der Waals surface area contributed by atoms with E-state index in [0.717, 1.165) is 6.92 Å². The van der Waals surface area contributed by atoms with Gasteiger partial charge < -0.3 is 10.4 Å². The molecule has 0 fully saturated rings. The fourth-order valence-corrected chi connectivity index (χ4v) is 0.451. The van der Waals surface area contributed by atoms with Gasteiger partial charge >= 0.3 is 5.97 Å². The Morgan fingerprint density at radius 1 is 1.45 bits per heavy atom. The van der Waals surface area contributed by atoms with Crippen LogP contribution in [0.25, 0.3) is 0 Å². The predicted molar refractivity (Wildman–Crippen MR) is 31.2 cm³/mol. The van der Waals surface area contributed by atoms with Gasteiger partial charge in [0.15, 0.2) is 6.04 Å². The minimum Gasteiger partial charge on any atom is -0.480 e. The van der Waals surface area contributed by atoms with E-state index >= 15 is 0 Å². The first-order valence-electron chi connectivity index (χ1n) is 2.73. The zero-order valence-electron chi connectivity index (χ0n) is 5.67. The van der Waals surface area contributed by atoms with Gasteiger partial charge in [-0.3, -0.25) is 4.79 Å². The van der Waals surface area contributed by atoms with Gasteiger partial charge in [0.25, 0.3) is 6.43 Å². The summed E-state index contributed by atoms with van der Waals surface area (Å²) in [6.07, 6.45) is -3.09. The van der Waals surface area contributed by atoms with Gasteiger partial charge in [-0.2, -0.15) is 0 Å². The Bertz CT molecular complexity index is 171. The number of hydrogen-bond acceptors (Lipinski definition) is 2. The molecule has 0 bridgehead atoms. The van der Waals surface area contributed by atoms with Crippen LogP contribution in [0.5, 0.6) is 0 Å². The van der Waals surface area contributed by atoms with Crippen LogP contribution in [0.2, 0.25) is 0 Å². The number of nitrogens with one attached hydrogen (secondary N) is 1. The number of carbonyl (C=O) groups is 2. The summed E-state index contributed by atoms with van der Waals surface area (Å²) >= 11 is 0. The van der Waals surface area contributed by atoms with Crippen molar-refractivity contribution >= 4 is 11.9 Å². The number of alkyl halides is 2. The molecule has 0 radical (unpaired) electrons. The number of carboxylic acid groups (broad SMARTS) is 1. The second kappa shape index (κ2) is 3.85. The Morgan fingerprint density at radius 3 is 2.00 bits per heavy atom. The molecular weight excluding hydrogens is 160 g/mol. The molecule has 0 aromatic rings. The maximum atomic E-state index is 11.7. The van der Waals surface area contributed by atoms with Crippen molar-refractivity contribution in [2.75, 3.05) is 0 Å². The first kappa shape index (κ1) is 9.80. The summed E-state index contributed by atoms with van der Waals surface area (Å²) in [7, 11) is 0. The molecule has 1 amide bonds. The number of rotatable bonds is 3. The van der Waals surface area contributed by atoms with Crippen molar-refractivity contribution < 1.29 is 23.5 Å². The lowest BCUT2D eigenvalue weighted by atomic mass is 10.3. The molecule has 0 spiro atoms. The zero-order valence-corrected chi connectivity index (χ0v) is 5.67. The molecule has 0 aliphatic heterocycles. The van der Waals surface area contributed by atoms with Crippen LogP contribution in [0.4, 0.5) is 8.78 Å². The second-order valence-electron chi connectivity index (χ2n) is 1.85. The molecule has 0 rings (SSSR count). The Morgan fingerprint density at radius 2 is 1.91 bits per heavy atom. The van der Waals surface area contributed by atoms with Crippen molar-refractivity contribution in [3.8, 4) is 0 Å². The van der Waals surface area contributed by atoms with Gasteiger partial charge in [0.05, 0.1) is 0 Å². The SMILES string of the molecule is CC(=O)N[C@H](C(=O)O)C(F)F. The van der Waals surface area contributed by atoms with Gasteiger partial charge in [0.1, 0.15) is 0 Å². The predicted octanol–water partition coefficient (Wildman–Crippen LogP) is -0.159. The maximum absolute atomic E-state index is 11.7. The average molecular weight is 167 g/mol. The van der Waals surface area contributed by atoms with Crippen LogP contribution >= 0.6 is 0 Å². The molecule has 0 saturated heterocycles. The lowest BCUT2D eigenvalue weighted by Gasteiger charge is -2.10. The number of hydrogen-bond donors (Lipinski definition) is 2. The first-order valence-corrected chi connectivity index (χ1v) is 2.73. The largest absolute Gasteiger partial charge is 0.480 e. The Kier molecular flexibility index (Phi) is 3.43. The summed E-state index contributed by atoms with van der Waals surface area (Å²) in [6.45, 7) is 0.971. The summed E-state index contributed by atoms with van der Waals surface area (Å²) in [6, 6.07) is -2.10. The minimum absolute atomic E-state index is 0.794. The molecule has 64 valence electrons. The maximum Gasteiger partial charge on any atom is 0.332 e. The molecule has 2 N–H and O–H groups in total. The summed E-state index contributed by atoms with van der Waals surface area (Å²) in [5.74, 6) is -2.53. The molecule has 6 heteroatoms. The molecule has 0 aromatic heterocycles. The number of carbonyl (C=O) groups excluding carboxylic acids is 1. The highest BCUT2D eigenvalue weighted by molar-refractivity contribution is 5.82. The molecular formula is C5H7F2NO3. The third-order valence-corrected chi connectivity index (χ3v) is 0.877. The number of aliphatic carboxylic acids is 1. The van der Waals surface area contributed by atoms with E-state index in [-0.39, 0.29) is 0 Å². The Labute approximate surface area is 61.2 Å². The second-order valence-corrected chi connectivity index (χ2v) is 1.85. The van der Waals surface area contributed by atoms with E-state index < -0.39 is 24.3 Å². The van der Waals surface area contributed by atoms with Gasteiger partial charge in [0, 0.05) is 6.92 Å². The van der Waals surface area contributed by atoms with E-state index in [9.17, 15) is 18.4 Å². The third-order valence-electron chi connectivity index (χ3n) is 0.877. The fourth-order valence-electron chi connectivity index (χ4n) is 0.451. The van der Waals surface area contributed by atoms with Gasteiger partial charge in [-0.15, -0.1) is 0 Å². The smallest absolute Gasteiger partial charge is 0.332 e. The van der Waals surface area contributed by atoms with Crippen molar-refractivity contribution in [3.05, 3.63) is 0 Å². The topological polar surface area (TPSA) is 66.4 Å². The van der Waals surface area contributed by atoms with Gasteiger partial charge in [-0.05, 0) is 0 Å². The van der Waals surface area contributed by atoms with Crippen molar-refractivity contribution in [1.29, 1.82) is 0 Å². The molecule has 0 unspecified atom stereocenters.